The van der Waals surface area contributed by atoms with Gasteiger partial charge in [0.15, 0.2) is 11.6 Å². The van der Waals surface area contributed by atoms with Crippen LogP contribution in [0, 0.1) is 11.6 Å². The smallest absolute Gasteiger partial charge is 0.233 e. The van der Waals surface area contributed by atoms with Gasteiger partial charge < -0.3 is 9.32 Å². The van der Waals surface area contributed by atoms with Crippen LogP contribution in [0.2, 0.25) is 0 Å². The van der Waals surface area contributed by atoms with Gasteiger partial charge in [0.05, 0.1) is 18.1 Å². The van der Waals surface area contributed by atoms with Crippen LogP contribution < -0.4 is 0 Å². The average molecular weight is 311 g/mol. The van der Waals surface area contributed by atoms with E-state index in [1.54, 1.807) is 30.3 Å². The molecule has 0 spiro atoms. The van der Waals surface area contributed by atoms with Crippen LogP contribution in [0.15, 0.2) is 45.9 Å². The second kappa shape index (κ2) is 6.76. The SMILES string of the molecule is CC(c1ccco1)N(C)C(=O)CSc1ccc(F)c(F)c1. The summed E-state index contributed by atoms with van der Waals surface area (Å²) in [5.74, 6) is -1.08. The van der Waals surface area contributed by atoms with Crippen molar-refractivity contribution in [1.82, 2.24) is 4.90 Å². The van der Waals surface area contributed by atoms with Crippen LogP contribution in [0.4, 0.5) is 8.78 Å². The fourth-order valence-electron chi connectivity index (χ4n) is 1.75. The molecule has 1 aromatic carbocycles. The molecule has 0 N–H and O–H groups in total. The lowest BCUT2D eigenvalue weighted by atomic mass is 10.2. The molecule has 1 heterocycles. The summed E-state index contributed by atoms with van der Waals surface area (Å²) in [5, 5.41) is 0. The third-order valence-electron chi connectivity index (χ3n) is 3.18. The van der Waals surface area contributed by atoms with E-state index >= 15 is 0 Å². The van der Waals surface area contributed by atoms with Crippen LogP contribution in [-0.4, -0.2) is 23.6 Å². The number of rotatable bonds is 5. The lowest BCUT2D eigenvalue weighted by Gasteiger charge is -2.23. The Morgan fingerprint density at radius 3 is 2.71 bits per heavy atom. The van der Waals surface area contributed by atoms with Crippen molar-refractivity contribution in [3.63, 3.8) is 0 Å². The van der Waals surface area contributed by atoms with E-state index in [1.165, 1.54) is 17.8 Å². The lowest BCUT2D eigenvalue weighted by molar-refractivity contribution is -0.129. The van der Waals surface area contributed by atoms with E-state index in [2.05, 4.69) is 0 Å². The third kappa shape index (κ3) is 3.85. The molecule has 0 saturated carbocycles. The van der Waals surface area contributed by atoms with Crippen LogP contribution in [0.3, 0.4) is 0 Å². The lowest BCUT2D eigenvalue weighted by Crippen LogP contribution is -2.30. The van der Waals surface area contributed by atoms with Gasteiger partial charge >= 0.3 is 0 Å². The minimum Gasteiger partial charge on any atom is -0.467 e. The number of thioether (sulfide) groups is 1. The van der Waals surface area contributed by atoms with E-state index in [4.69, 9.17) is 4.42 Å². The van der Waals surface area contributed by atoms with E-state index in [0.717, 1.165) is 12.1 Å². The van der Waals surface area contributed by atoms with Crippen molar-refractivity contribution in [2.75, 3.05) is 12.8 Å². The van der Waals surface area contributed by atoms with E-state index in [1.807, 2.05) is 6.92 Å². The Morgan fingerprint density at radius 2 is 2.10 bits per heavy atom. The van der Waals surface area contributed by atoms with E-state index in [9.17, 15) is 13.6 Å². The first-order valence-corrected chi connectivity index (χ1v) is 7.34. The number of hydrogen-bond donors (Lipinski definition) is 0. The first kappa shape index (κ1) is 15.6. The zero-order valence-electron chi connectivity index (χ0n) is 11.7. The number of halogens is 2. The molecule has 1 unspecified atom stereocenters. The highest BCUT2D eigenvalue weighted by Gasteiger charge is 2.19. The van der Waals surface area contributed by atoms with Gasteiger partial charge in [0.2, 0.25) is 5.91 Å². The van der Waals surface area contributed by atoms with Crippen LogP contribution >= 0.6 is 11.8 Å². The maximum atomic E-state index is 13.1. The normalized spacial score (nSPS) is 12.2. The number of hydrogen-bond acceptors (Lipinski definition) is 3. The monoisotopic (exact) mass is 311 g/mol. The zero-order chi connectivity index (χ0) is 15.4. The van der Waals surface area contributed by atoms with Crippen molar-refractivity contribution in [3.8, 4) is 0 Å². The van der Waals surface area contributed by atoms with Crippen LogP contribution in [0.25, 0.3) is 0 Å². The predicted molar refractivity (Wildman–Crippen MR) is 77.0 cm³/mol. The highest BCUT2D eigenvalue weighted by molar-refractivity contribution is 8.00. The Kier molecular flexibility index (Phi) is 5.01. The van der Waals surface area contributed by atoms with Crippen LogP contribution in [0.1, 0.15) is 18.7 Å². The maximum Gasteiger partial charge on any atom is 0.233 e. The van der Waals surface area contributed by atoms with E-state index < -0.39 is 11.6 Å². The number of nitrogens with zero attached hydrogens (tertiary/aromatic N) is 1. The molecule has 0 saturated heterocycles. The molecule has 1 atom stereocenters. The Morgan fingerprint density at radius 1 is 1.33 bits per heavy atom. The van der Waals surface area contributed by atoms with E-state index in [-0.39, 0.29) is 17.7 Å². The number of amides is 1. The number of furan rings is 1. The Hall–Kier alpha value is -1.82. The molecule has 2 rings (SSSR count). The Labute approximate surface area is 125 Å². The van der Waals surface area contributed by atoms with Crippen molar-refractivity contribution in [2.24, 2.45) is 0 Å². The second-order valence-electron chi connectivity index (χ2n) is 4.56. The minimum absolute atomic E-state index is 0.117. The summed E-state index contributed by atoms with van der Waals surface area (Å²) in [7, 11) is 1.68. The maximum absolute atomic E-state index is 13.1. The molecular weight excluding hydrogens is 296 g/mol. The summed E-state index contributed by atoms with van der Waals surface area (Å²) in [6.07, 6.45) is 1.56. The van der Waals surface area contributed by atoms with Crippen molar-refractivity contribution in [3.05, 3.63) is 54.0 Å². The van der Waals surface area contributed by atoms with Gasteiger partial charge in [-0.15, -0.1) is 11.8 Å². The minimum atomic E-state index is -0.912. The molecule has 6 heteroatoms. The van der Waals surface area contributed by atoms with Gasteiger partial charge in [0, 0.05) is 11.9 Å². The average Bonchev–Trinajstić information content (AvgIpc) is 3.00. The predicted octanol–water partition coefficient (Wildman–Crippen LogP) is 3.87. The van der Waals surface area contributed by atoms with Crippen LogP contribution in [-0.2, 0) is 4.79 Å². The molecule has 0 fully saturated rings. The second-order valence-corrected chi connectivity index (χ2v) is 5.61. The van der Waals surface area contributed by atoms with Gasteiger partial charge in [0.1, 0.15) is 5.76 Å². The standard InChI is InChI=1S/C15H15F2NO2S/c1-10(14-4-3-7-20-14)18(2)15(19)9-21-11-5-6-12(16)13(17)8-11/h3-8,10H,9H2,1-2H3. The molecule has 1 amide bonds. The molecule has 0 aliphatic heterocycles. The Balaban J connectivity index is 1.93. The van der Waals surface area contributed by atoms with Gasteiger partial charge in [-0.25, -0.2) is 8.78 Å². The van der Waals surface area contributed by atoms with Crippen molar-refractivity contribution < 1.29 is 18.0 Å². The third-order valence-corrected chi connectivity index (χ3v) is 4.16. The number of benzene rings is 1. The molecule has 0 radical (unpaired) electrons. The summed E-state index contributed by atoms with van der Waals surface area (Å²) in [6, 6.07) is 6.97. The summed E-state index contributed by atoms with van der Waals surface area (Å²) in [6.45, 7) is 1.86. The molecule has 2 aromatic rings. The molecule has 21 heavy (non-hydrogen) atoms. The molecule has 0 bridgehead atoms. The van der Waals surface area contributed by atoms with Crippen molar-refractivity contribution >= 4 is 17.7 Å². The topological polar surface area (TPSA) is 33.5 Å². The number of carbonyl (C=O) groups is 1. The first-order chi connectivity index (χ1) is 9.99. The molecule has 0 aliphatic carbocycles. The highest BCUT2D eigenvalue weighted by atomic mass is 32.2. The fraction of sp³-hybridized carbons (Fsp3) is 0.267. The largest absolute Gasteiger partial charge is 0.467 e. The number of carbonyl (C=O) groups excluding carboxylic acids is 1. The van der Waals surface area contributed by atoms with Gasteiger partial charge in [-0.3, -0.25) is 4.79 Å². The summed E-state index contributed by atoms with van der Waals surface area (Å²) in [4.78, 5) is 14.2. The fourth-order valence-corrected chi connectivity index (χ4v) is 2.59. The van der Waals surface area contributed by atoms with Gasteiger partial charge in [-0.2, -0.15) is 0 Å². The van der Waals surface area contributed by atoms with Gasteiger partial charge in [0.25, 0.3) is 0 Å². The van der Waals surface area contributed by atoms with Crippen molar-refractivity contribution in [1.29, 1.82) is 0 Å². The first-order valence-electron chi connectivity index (χ1n) is 6.36. The molecule has 0 aliphatic rings. The van der Waals surface area contributed by atoms with Gasteiger partial charge in [-0.1, -0.05) is 0 Å². The summed E-state index contributed by atoms with van der Waals surface area (Å²) in [5.41, 5.74) is 0. The molecular formula is C15H15F2NO2S. The van der Waals surface area contributed by atoms with Gasteiger partial charge in [-0.05, 0) is 37.3 Å². The van der Waals surface area contributed by atoms with Crippen LogP contribution in [0.5, 0.6) is 0 Å². The quantitative estimate of drug-likeness (QED) is 0.786. The molecule has 112 valence electrons. The van der Waals surface area contributed by atoms with E-state index in [0.29, 0.717) is 10.7 Å². The summed E-state index contributed by atoms with van der Waals surface area (Å²) >= 11 is 1.17. The molecule has 1 aromatic heterocycles. The van der Waals surface area contributed by atoms with Crippen molar-refractivity contribution in [2.45, 2.75) is 17.9 Å². The highest BCUT2D eigenvalue weighted by Crippen LogP contribution is 2.23. The molecule has 3 nitrogen and oxygen atoms in total. The zero-order valence-corrected chi connectivity index (χ0v) is 12.5. The Bertz CT molecular complexity index is 616. The summed E-state index contributed by atoms with van der Waals surface area (Å²) < 4.78 is 31.2.